The maximum atomic E-state index is 11.7. The average Bonchev–Trinajstić information content (AvgIpc) is 2.03. The second kappa shape index (κ2) is 4.14. The Morgan fingerprint density at radius 1 is 1.25 bits per heavy atom. The molecule has 0 radical (unpaired) electrons. The standard InChI is InChI=1S/C8H15F2NO/c9-7(10)12-6-8(11)4-2-1-3-5-8/h7H,1-6,11H2. The fraction of sp³-hybridized carbons (Fsp3) is 1.00. The lowest BCUT2D eigenvalue weighted by Crippen LogP contribution is -2.46. The van der Waals surface area contributed by atoms with Gasteiger partial charge < -0.3 is 10.5 Å². The number of rotatable bonds is 3. The molecular weight excluding hydrogens is 164 g/mol. The Bertz CT molecular complexity index is 135. The van der Waals surface area contributed by atoms with Crippen molar-refractivity contribution >= 4 is 0 Å². The van der Waals surface area contributed by atoms with E-state index in [-0.39, 0.29) is 6.61 Å². The summed E-state index contributed by atoms with van der Waals surface area (Å²) in [6.07, 6.45) is 4.83. The zero-order valence-electron chi connectivity index (χ0n) is 7.06. The summed E-state index contributed by atoms with van der Waals surface area (Å²) in [5, 5.41) is 0. The van der Waals surface area contributed by atoms with Crippen LogP contribution in [0.1, 0.15) is 32.1 Å². The molecule has 0 saturated heterocycles. The minimum atomic E-state index is -2.69. The lowest BCUT2D eigenvalue weighted by Gasteiger charge is -2.32. The van der Waals surface area contributed by atoms with Crippen molar-refractivity contribution in [3.63, 3.8) is 0 Å². The van der Waals surface area contributed by atoms with E-state index in [0.717, 1.165) is 32.1 Å². The van der Waals surface area contributed by atoms with Crippen molar-refractivity contribution < 1.29 is 13.5 Å². The molecule has 0 spiro atoms. The molecule has 2 N–H and O–H groups in total. The highest BCUT2D eigenvalue weighted by Gasteiger charge is 2.28. The van der Waals surface area contributed by atoms with Crippen LogP contribution >= 0.6 is 0 Å². The summed E-state index contributed by atoms with van der Waals surface area (Å²) in [6, 6.07) is 0. The van der Waals surface area contributed by atoms with Crippen LogP contribution in [0.5, 0.6) is 0 Å². The number of hydrogen-bond donors (Lipinski definition) is 1. The maximum absolute atomic E-state index is 11.7. The van der Waals surface area contributed by atoms with Gasteiger partial charge >= 0.3 is 6.61 Å². The maximum Gasteiger partial charge on any atom is 0.345 e. The second-order valence-corrected chi connectivity index (χ2v) is 3.49. The van der Waals surface area contributed by atoms with Crippen LogP contribution in [0.15, 0.2) is 0 Å². The normalized spacial score (nSPS) is 23.0. The van der Waals surface area contributed by atoms with Gasteiger partial charge in [-0.05, 0) is 12.8 Å². The summed E-state index contributed by atoms with van der Waals surface area (Å²) in [5.74, 6) is 0. The van der Waals surface area contributed by atoms with E-state index in [4.69, 9.17) is 5.73 Å². The molecule has 0 bridgehead atoms. The van der Waals surface area contributed by atoms with Crippen molar-refractivity contribution in [2.75, 3.05) is 6.61 Å². The molecule has 0 unspecified atom stereocenters. The third-order valence-electron chi connectivity index (χ3n) is 2.35. The van der Waals surface area contributed by atoms with Crippen molar-refractivity contribution in [1.29, 1.82) is 0 Å². The van der Waals surface area contributed by atoms with Gasteiger partial charge in [-0.2, -0.15) is 8.78 Å². The Labute approximate surface area is 71.1 Å². The zero-order valence-corrected chi connectivity index (χ0v) is 7.06. The van der Waals surface area contributed by atoms with Gasteiger partial charge in [0.25, 0.3) is 0 Å². The van der Waals surface area contributed by atoms with E-state index >= 15 is 0 Å². The summed E-state index contributed by atoms with van der Waals surface area (Å²) < 4.78 is 27.6. The first kappa shape index (κ1) is 9.86. The molecule has 72 valence electrons. The molecule has 0 aromatic carbocycles. The summed E-state index contributed by atoms with van der Waals surface area (Å²) in [4.78, 5) is 0. The van der Waals surface area contributed by atoms with Crippen LogP contribution in [0.4, 0.5) is 8.78 Å². The fourth-order valence-electron chi connectivity index (χ4n) is 1.63. The summed E-state index contributed by atoms with van der Waals surface area (Å²) >= 11 is 0. The van der Waals surface area contributed by atoms with Gasteiger partial charge in [0.15, 0.2) is 0 Å². The van der Waals surface area contributed by atoms with Crippen molar-refractivity contribution in [2.45, 2.75) is 44.3 Å². The first-order valence-electron chi connectivity index (χ1n) is 4.31. The Morgan fingerprint density at radius 2 is 1.83 bits per heavy atom. The molecule has 1 aliphatic rings. The first-order chi connectivity index (χ1) is 5.62. The van der Waals surface area contributed by atoms with E-state index in [1.807, 2.05) is 0 Å². The summed E-state index contributed by atoms with van der Waals surface area (Å²) in [5.41, 5.74) is 5.36. The van der Waals surface area contributed by atoms with Gasteiger partial charge in [0, 0.05) is 5.54 Å². The number of nitrogens with two attached hydrogens (primary N) is 1. The van der Waals surface area contributed by atoms with Crippen molar-refractivity contribution in [3.05, 3.63) is 0 Å². The highest BCUT2D eigenvalue weighted by molar-refractivity contribution is 4.86. The van der Waals surface area contributed by atoms with Crippen LogP contribution in [-0.2, 0) is 4.74 Å². The summed E-state index contributed by atoms with van der Waals surface area (Å²) in [7, 11) is 0. The van der Waals surface area contributed by atoms with E-state index in [0.29, 0.717) is 0 Å². The van der Waals surface area contributed by atoms with Gasteiger partial charge in [-0.1, -0.05) is 19.3 Å². The molecule has 0 amide bonds. The van der Waals surface area contributed by atoms with Crippen LogP contribution in [0.25, 0.3) is 0 Å². The summed E-state index contributed by atoms with van der Waals surface area (Å²) in [6.45, 7) is -2.70. The number of hydrogen-bond acceptors (Lipinski definition) is 2. The van der Waals surface area contributed by atoms with E-state index in [9.17, 15) is 8.78 Å². The number of alkyl halides is 2. The molecule has 1 rings (SSSR count). The van der Waals surface area contributed by atoms with Crippen LogP contribution in [-0.4, -0.2) is 18.8 Å². The lowest BCUT2D eigenvalue weighted by atomic mass is 9.83. The minimum absolute atomic E-state index is 0.00926. The van der Waals surface area contributed by atoms with Crippen molar-refractivity contribution in [1.82, 2.24) is 0 Å². The largest absolute Gasteiger partial charge is 0.345 e. The van der Waals surface area contributed by atoms with Gasteiger partial charge in [0.05, 0.1) is 6.61 Å². The Balaban J connectivity index is 2.26. The monoisotopic (exact) mass is 179 g/mol. The van der Waals surface area contributed by atoms with Crippen molar-refractivity contribution in [2.24, 2.45) is 5.73 Å². The van der Waals surface area contributed by atoms with Gasteiger partial charge in [0.1, 0.15) is 0 Å². The average molecular weight is 179 g/mol. The quantitative estimate of drug-likeness (QED) is 0.718. The molecule has 12 heavy (non-hydrogen) atoms. The SMILES string of the molecule is NC1(COC(F)F)CCCCC1. The first-order valence-corrected chi connectivity index (χ1v) is 4.31. The van der Waals surface area contributed by atoms with E-state index < -0.39 is 12.2 Å². The predicted octanol–water partition coefficient (Wildman–Crippen LogP) is 1.89. The number of ether oxygens (including phenoxy) is 1. The Hall–Kier alpha value is -0.220. The molecular formula is C8H15F2NO. The van der Waals surface area contributed by atoms with E-state index in [1.165, 1.54) is 0 Å². The molecule has 4 heteroatoms. The van der Waals surface area contributed by atoms with Gasteiger partial charge in [-0.3, -0.25) is 0 Å². The van der Waals surface area contributed by atoms with Gasteiger partial charge in [-0.15, -0.1) is 0 Å². The van der Waals surface area contributed by atoms with Crippen LogP contribution in [0.2, 0.25) is 0 Å². The van der Waals surface area contributed by atoms with Gasteiger partial charge in [-0.25, -0.2) is 0 Å². The highest BCUT2D eigenvalue weighted by atomic mass is 19.3. The molecule has 1 fully saturated rings. The fourth-order valence-corrected chi connectivity index (χ4v) is 1.63. The Kier molecular flexibility index (Phi) is 3.40. The molecule has 0 aromatic heterocycles. The molecule has 0 heterocycles. The number of halogens is 2. The lowest BCUT2D eigenvalue weighted by molar-refractivity contribution is -0.143. The third-order valence-corrected chi connectivity index (χ3v) is 2.35. The zero-order chi connectivity index (χ0) is 9.03. The molecule has 0 atom stereocenters. The molecule has 2 nitrogen and oxygen atoms in total. The smallest absolute Gasteiger partial charge is 0.323 e. The minimum Gasteiger partial charge on any atom is -0.323 e. The molecule has 0 aromatic rings. The van der Waals surface area contributed by atoms with Crippen LogP contribution < -0.4 is 5.73 Å². The second-order valence-electron chi connectivity index (χ2n) is 3.49. The van der Waals surface area contributed by atoms with Crippen molar-refractivity contribution in [3.8, 4) is 0 Å². The predicted molar refractivity (Wildman–Crippen MR) is 42.0 cm³/mol. The third kappa shape index (κ3) is 3.03. The highest BCUT2D eigenvalue weighted by Crippen LogP contribution is 2.26. The topological polar surface area (TPSA) is 35.2 Å². The van der Waals surface area contributed by atoms with Gasteiger partial charge in [0.2, 0.25) is 0 Å². The van der Waals surface area contributed by atoms with Crippen LogP contribution in [0, 0.1) is 0 Å². The molecule has 1 aliphatic carbocycles. The van der Waals surface area contributed by atoms with E-state index in [1.54, 1.807) is 0 Å². The molecule has 0 aliphatic heterocycles. The Morgan fingerprint density at radius 3 is 2.33 bits per heavy atom. The van der Waals surface area contributed by atoms with Crippen LogP contribution in [0.3, 0.4) is 0 Å². The molecule has 1 saturated carbocycles. The van der Waals surface area contributed by atoms with E-state index in [2.05, 4.69) is 4.74 Å².